The number of ketones is 1. The van der Waals surface area contributed by atoms with Gasteiger partial charge in [0.05, 0.1) is 18.2 Å². The number of primary amides is 1. The molecule has 29 heavy (non-hydrogen) atoms. The molecule has 1 aliphatic carbocycles. The van der Waals surface area contributed by atoms with Crippen LogP contribution in [0.15, 0.2) is 18.3 Å². The number of amides is 1. The first-order valence-electron chi connectivity index (χ1n) is 10.2. The number of rotatable bonds is 8. The molecule has 0 aliphatic heterocycles. The molecule has 0 saturated heterocycles. The average molecular weight is 400 g/mol. The van der Waals surface area contributed by atoms with Crippen molar-refractivity contribution in [3.63, 3.8) is 0 Å². The van der Waals surface area contributed by atoms with Gasteiger partial charge in [0.15, 0.2) is 6.61 Å². The molecule has 7 heteroatoms. The number of esters is 1. The Morgan fingerprint density at radius 1 is 1.21 bits per heavy atom. The molecule has 2 N–H and O–H groups in total. The predicted octanol–water partition coefficient (Wildman–Crippen LogP) is 2.84. The number of hydrogen-bond donors (Lipinski definition) is 1. The Balaban J connectivity index is 2.15. The van der Waals surface area contributed by atoms with Gasteiger partial charge < -0.3 is 19.6 Å². The third-order valence-electron chi connectivity index (χ3n) is 5.72. The summed E-state index contributed by atoms with van der Waals surface area (Å²) in [4.78, 5) is 36.1. The summed E-state index contributed by atoms with van der Waals surface area (Å²) in [5.41, 5.74) is 7.97. The van der Waals surface area contributed by atoms with Crippen LogP contribution in [0.2, 0.25) is 0 Å². The van der Waals surface area contributed by atoms with Crippen molar-refractivity contribution < 1.29 is 23.9 Å². The van der Waals surface area contributed by atoms with Crippen molar-refractivity contribution in [3.8, 4) is 5.75 Å². The van der Waals surface area contributed by atoms with E-state index < -0.39 is 17.7 Å². The van der Waals surface area contributed by atoms with E-state index in [9.17, 15) is 14.4 Å². The van der Waals surface area contributed by atoms with E-state index in [4.69, 9.17) is 10.5 Å². The lowest BCUT2D eigenvalue weighted by Crippen LogP contribution is -2.24. The summed E-state index contributed by atoms with van der Waals surface area (Å²) in [5, 5.41) is 0. The van der Waals surface area contributed by atoms with Crippen LogP contribution < -0.4 is 10.5 Å². The molecule has 0 aromatic carbocycles. The number of ether oxygens (including phenoxy) is 2. The van der Waals surface area contributed by atoms with Gasteiger partial charge >= 0.3 is 5.97 Å². The summed E-state index contributed by atoms with van der Waals surface area (Å²) >= 11 is 0. The van der Waals surface area contributed by atoms with Gasteiger partial charge in [-0.15, -0.1) is 0 Å². The summed E-state index contributed by atoms with van der Waals surface area (Å²) < 4.78 is 12.2. The van der Waals surface area contributed by atoms with Gasteiger partial charge in [-0.05, 0) is 36.5 Å². The van der Waals surface area contributed by atoms with Crippen molar-refractivity contribution in [1.29, 1.82) is 0 Å². The molecule has 1 saturated carbocycles. The molecule has 2 aromatic rings. The summed E-state index contributed by atoms with van der Waals surface area (Å²) in [6.45, 7) is 1.68. The van der Waals surface area contributed by atoms with Crippen molar-refractivity contribution in [2.45, 2.75) is 51.9 Å². The summed E-state index contributed by atoms with van der Waals surface area (Å²) in [6, 6.07) is 3.49. The third kappa shape index (κ3) is 4.28. The Morgan fingerprint density at radius 2 is 1.93 bits per heavy atom. The van der Waals surface area contributed by atoms with Crippen LogP contribution in [0.25, 0.3) is 5.52 Å². The van der Waals surface area contributed by atoms with Crippen LogP contribution in [-0.2, 0) is 27.2 Å². The molecule has 0 spiro atoms. The highest BCUT2D eigenvalue weighted by Crippen LogP contribution is 2.35. The minimum atomic E-state index is -1.00. The van der Waals surface area contributed by atoms with E-state index in [0.29, 0.717) is 23.6 Å². The molecule has 0 unspecified atom stereocenters. The highest BCUT2D eigenvalue weighted by Gasteiger charge is 2.29. The molecule has 1 amide bonds. The van der Waals surface area contributed by atoms with Crippen LogP contribution >= 0.6 is 0 Å². The molecular weight excluding hydrogens is 372 g/mol. The number of carbonyl (C=O) groups is 3. The lowest BCUT2D eigenvalue weighted by molar-refractivity contribution is -0.142. The number of nitrogens with two attached hydrogens (primary N) is 1. The Bertz CT molecular complexity index is 925. The molecule has 0 radical (unpaired) electrons. The predicted molar refractivity (Wildman–Crippen MR) is 108 cm³/mol. The fourth-order valence-corrected chi connectivity index (χ4v) is 4.34. The topological polar surface area (TPSA) is 100 Å². The number of hydrogen-bond acceptors (Lipinski definition) is 5. The zero-order valence-corrected chi connectivity index (χ0v) is 17.0. The van der Waals surface area contributed by atoms with Crippen molar-refractivity contribution in [1.82, 2.24) is 4.40 Å². The number of pyridine rings is 1. The number of carbonyl (C=O) groups excluding carboxylic acids is 3. The molecule has 0 atom stereocenters. The van der Waals surface area contributed by atoms with E-state index in [-0.39, 0.29) is 12.2 Å². The van der Waals surface area contributed by atoms with Gasteiger partial charge in [-0.25, -0.2) is 4.79 Å². The van der Waals surface area contributed by atoms with Crippen LogP contribution in [0, 0.1) is 5.92 Å². The van der Waals surface area contributed by atoms with Crippen molar-refractivity contribution in [3.05, 3.63) is 35.2 Å². The lowest BCUT2D eigenvalue weighted by atomic mass is 9.85. The second-order valence-corrected chi connectivity index (χ2v) is 7.51. The fourth-order valence-electron chi connectivity index (χ4n) is 4.34. The van der Waals surface area contributed by atoms with Gasteiger partial charge in [0.1, 0.15) is 5.75 Å². The zero-order valence-electron chi connectivity index (χ0n) is 17.0. The SMILES string of the molecule is CCc1c(C(=O)C(N)=O)c2c(OCC(=O)OC)cccn2c1CC1CCCCC1. The molecular formula is C22H28N2O5. The van der Waals surface area contributed by atoms with Gasteiger partial charge in [0.25, 0.3) is 11.7 Å². The Hall–Kier alpha value is -2.83. The van der Waals surface area contributed by atoms with Crippen LogP contribution in [0.3, 0.4) is 0 Å². The smallest absolute Gasteiger partial charge is 0.343 e. The van der Waals surface area contributed by atoms with E-state index in [0.717, 1.165) is 30.5 Å². The number of Topliss-reactive ketones (excluding diaryl/α,β-unsaturated/α-hetero) is 1. The highest BCUT2D eigenvalue weighted by molar-refractivity contribution is 6.44. The standard InChI is InChI=1S/C22H28N2O5/c1-3-15-16(12-14-8-5-4-6-9-14)24-11-7-10-17(29-13-18(25)28-2)20(24)19(15)21(26)22(23)27/h7,10-11,14H,3-6,8-9,12-13H2,1-2H3,(H2,23,27). The van der Waals surface area contributed by atoms with E-state index >= 15 is 0 Å². The largest absolute Gasteiger partial charge is 0.480 e. The molecule has 1 fully saturated rings. The lowest BCUT2D eigenvalue weighted by Gasteiger charge is -2.22. The molecule has 2 aromatic heterocycles. The molecule has 156 valence electrons. The zero-order chi connectivity index (χ0) is 21.0. The van der Waals surface area contributed by atoms with Crippen molar-refractivity contribution in [2.75, 3.05) is 13.7 Å². The minimum Gasteiger partial charge on any atom is -0.480 e. The van der Waals surface area contributed by atoms with Crippen LogP contribution in [0.5, 0.6) is 5.75 Å². The third-order valence-corrected chi connectivity index (χ3v) is 5.72. The number of fused-ring (bicyclic) bond motifs is 1. The normalized spacial score (nSPS) is 14.7. The van der Waals surface area contributed by atoms with E-state index in [1.807, 2.05) is 23.6 Å². The second kappa shape index (κ2) is 9.11. The van der Waals surface area contributed by atoms with Gasteiger partial charge in [0.2, 0.25) is 0 Å². The Kier molecular flexibility index (Phi) is 6.56. The second-order valence-electron chi connectivity index (χ2n) is 7.51. The van der Waals surface area contributed by atoms with Gasteiger partial charge in [-0.1, -0.05) is 39.0 Å². The average Bonchev–Trinajstić information content (AvgIpc) is 3.05. The maximum Gasteiger partial charge on any atom is 0.343 e. The first-order chi connectivity index (χ1) is 14.0. The maximum absolute atomic E-state index is 12.8. The molecule has 0 bridgehead atoms. The first kappa shape index (κ1) is 20.9. The quantitative estimate of drug-likeness (QED) is 0.417. The molecule has 7 nitrogen and oxygen atoms in total. The van der Waals surface area contributed by atoms with Gasteiger partial charge in [-0.3, -0.25) is 9.59 Å². The first-order valence-corrected chi connectivity index (χ1v) is 10.2. The van der Waals surface area contributed by atoms with Crippen molar-refractivity contribution >= 4 is 23.2 Å². The Labute approximate surface area is 170 Å². The molecule has 2 heterocycles. The minimum absolute atomic E-state index is 0.284. The number of methoxy groups -OCH3 is 1. The van der Waals surface area contributed by atoms with Crippen LogP contribution in [0.1, 0.15) is 60.6 Å². The van der Waals surface area contributed by atoms with Crippen molar-refractivity contribution in [2.24, 2.45) is 11.7 Å². The molecule has 1 aliphatic rings. The molecule has 3 rings (SSSR count). The van der Waals surface area contributed by atoms with E-state index in [1.54, 1.807) is 6.07 Å². The number of nitrogens with zero attached hydrogens (tertiary/aromatic N) is 1. The maximum atomic E-state index is 12.8. The van der Waals surface area contributed by atoms with E-state index in [1.165, 1.54) is 26.4 Å². The van der Waals surface area contributed by atoms with Crippen LogP contribution in [-0.4, -0.2) is 35.8 Å². The number of aromatic nitrogens is 1. The van der Waals surface area contributed by atoms with Crippen LogP contribution in [0.4, 0.5) is 0 Å². The summed E-state index contributed by atoms with van der Waals surface area (Å²) in [6.07, 6.45) is 9.32. The summed E-state index contributed by atoms with van der Waals surface area (Å²) in [5.74, 6) is -1.36. The summed E-state index contributed by atoms with van der Waals surface area (Å²) in [7, 11) is 1.28. The monoisotopic (exact) mass is 400 g/mol. The fraction of sp³-hybridized carbons (Fsp3) is 0.500. The van der Waals surface area contributed by atoms with E-state index in [2.05, 4.69) is 4.74 Å². The van der Waals surface area contributed by atoms with Gasteiger partial charge in [-0.2, -0.15) is 0 Å². The van der Waals surface area contributed by atoms with Gasteiger partial charge in [0, 0.05) is 11.9 Å². The Morgan fingerprint density at radius 3 is 2.55 bits per heavy atom. The highest BCUT2D eigenvalue weighted by atomic mass is 16.6.